The molecular weight excluding hydrogens is 278 g/mol. The fourth-order valence-corrected chi connectivity index (χ4v) is 2.90. The van der Waals surface area contributed by atoms with Crippen LogP contribution in [0.25, 0.3) is 0 Å². The molecule has 2 rings (SSSR count). The first-order valence-electron chi connectivity index (χ1n) is 7.74. The first-order chi connectivity index (χ1) is 10.2. The summed E-state index contributed by atoms with van der Waals surface area (Å²) in [7, 11) is 0. The molecule has 1 unspecified atom stereocenters. The highest BCUT2D eigenvalue weighted by Crippen LogP contribution is 2.25. The fourth-order valence-electron chi connectivity index (χ4n) is 2.67. The molecule has 0 saturated heterocycles. The number of aryl methyl sites for hydroxylation is 2. The Bertz CT molecular complexity index is 551. The van der Waals surface area contributed by atoms with Gasteiger partial charge in [-0.05, 0) is 61.6 Å². The van der Waals surface area contributed by atoms with Gasteiger partial charge in [-0.15, -0.1) is 0 Å². The number of rotatable bonds is 7. The second-order valence-corrected chi connectivity index (χ2v) is 5.97. The Morgan fingerprint density at radius 2 is 1.86 bits per heavy atom. The first kappa shape index (κ1) is 16.1. The Kier molecular flexibility index (Phi) is 6.28. The van der Waals surface area contributed by atoms with E-state index in [1.807, 2.05) is 6.07 Å². The van der Waals surface area contributed by atoms with Crippen LogP contribution in [0.3, 0.4) is 0 Å². The monoisotopic (exact) mass is 301 g/mol. The van der Waals surface area contributed by atoms with Crippen LogP contribution in [0.2, 0.25) is 5.02 Å². The van der Waals surface area contributed by atoms with Crippen molar-refractivity contribution in [3.05, 3.63) is 70.2 Å². The number of halogens is 1. The smallest absolute Gasteiger partial charge is 0.0408 e. The largest absolute Gasteiger partial charge is 0.310 e. The standard InChI is InChI=1S/C19H24ClN/c1-3-13-21-19(12-9-16-7-5-4-6-8-16)18-11-10-17(20)14-15(18)2/h4-8,10-11,14,19,21H,3,9,12-13H2,1-2H3. The van der Waals surface area contributed by atoms with E-state index >= 15 is 0 Å². The molecule has 2 aromatic rings. The van der Waals surface area contributed by atoms with Gasteiger partial charge in [-0.25, -0.2) is 0 Å². The summed E-state index contributed by atoms with van der Waals surface area (Å²) in [6, 6.07) is 17.3. The van der Waals surface area contributed by atoms with Gasteiger partial charge in [0, 0.05) is 11.1 Å². The van der Waals surface area contributed by atoms with Crippen LogP contribution in [0.15, 0.2) is 48.5 Å². The van der Waals surface area contributed by atoms with Crippen LogP contribution in [0.5, 0.6) is 0 Å². The van der Waals surface area contributed by atoms with Crippen molar-refractivity contribution >= 4 is 11.6 Å². The zero-order valence-corrected chi connectivity index (χ0v) is 13.7. The van der Waals surface area contributed by atoms with E-state index in [0.29, 0.717) is 6.04 Å². The number of hydrogen-bond donors (Lipinski definition) is 1. The normalized spacial score (nSPS) is 12.3. The molecule has 1 nitrogen and oxygen atoms in total. The van der Waals surface area contributed by atoms with Crippen LogP contribution in [0.1, 0.15) is 42.5 Å². The van der Waals surface area contributed by atoms with Crippen molar-refractivity contribution in [2.45, 2.75) is 39.2 Å². The first-order valence-corrected chi connectivity index (χ1v) is 8.12. The number of benzene rings is 2. The molecule has 0 aliphatic rings. The maximum absolute atomic E-state index is 6.08. The van der Waals surface area contributed by atoms with Gasteiger partial charge in [0.1, 0.15) is 0 Å². The summed E-state index contributed by atoms with van der Waals surface area (Å²) >= 11 is 6.08. The Labute approximate surface area is 133 Å². The molecule has 112 valence electrons. The highest BCUT2D eigenvalue weighted by atomic mass is 35.5. The van der Waals surface area contributed by atoms with Gasteiger partial charge < -0.3 is 5.32 Å². The third kappa shape index (κ3) is 4.87. The van der Waals surface area contributed by atoms with Gasteiger partial charge in [-0.2, -0.15) is 0 Å². The molecule has 0 heterocycles. The second kappa shape index (κ2) is 8.21. The minimum Gasteiger partial charge on any atom is -0.310 e. The molecule has 0 fully saturated rings. The summed E-state index contributed by atoms with van der Waals surface area (Å²) < 4.78 is 0. The lowest BCUT2D eigenvalue weighted by atomic mass is 9.95. The van der Waals surface area contributed by atoms with E-state index in [4.69, 9.17) is 11.6 Å². The van der Waals surface area contributed by atoms with Crippen molar-refractivity contribution in [1.29, 1.82) is 0 Å². The minimum atomic E-state index is 0.391. The average molecular weight is 302 g/mol. The van der Waals surface area contributed by atoms with E-state index in [1.54, 1.807) is 0 Å². The predicted octanol–water partition coefficient (Wildman–Crippen LogP) is 5.32. The van der Waals surface area contributed by atoms with Crippen molar-refractivity contribution < 1.29 is 0 Å². The molecule has 0 aromatic heterocycles. The van der Waals surface area contributed by atoms with E-state index < -0.39 is 0 Å². The van der Waals surface area contributed by atoms with Gasteiger partial charge in [0.25, 0.3) is 0 Å². The maximum atomic E-state index is 6.08. The lowest BCUT2D eigenvalue weighted by Gasteiger charge is -2.21. The molecule has 0 amide bonds. The number of nitrogens with one attached hydrogen (secondary N) is 1. The molecule has 2 heteroatoms. The van der Waals surface area contributed by atoms with E-state index in [-0.39, 0.29) is 0 Å². The molecule has 0 aliphatic heterocycles. The topological polar surface area (TPSA) is 12.0 Å². The van der Waals surface area contributed by atoms with Gasteiger partial charge in [-0.1, -0.05) is 54.9 Å². The van der Waals surface area contributed by atoms with Crippen molar-refractivity contribution in [3.63, 3.8) is 0 Å². The predicted molar refractivity (Wildman–Crippen MR) is 92.0 cm³/mol. The van der Waals surface area contributed by atoms with Crippen molar-refractivity contribution in [2.75, 3.05) is 6.54 Å². The molecule has 0 saturated carbocycles. The van der Waals surface area contributed by atoms with Crippen LogP contribution in [-0.4, -0.2) is 6.54 Å². The second-order valence-electron chi connectivity index (χ2n) is 5.53. The van der Waals surface area contributed by atoms with E-state index in [0.717, 1.165) is 30.8 Å². The summed E-state index contributed by atoms with van der Waals surface area (Å²) in [5.74, 6) is 0. The molecule has 21 heavy (non-hydrogen) atoms. The summed E-state index contributed by atoms with van der Waals surface area (Å²) in [5, 5.41) is 4.49. The lowest BCUT2D eigenvalue weighted by Crippen LogP contribution is -2.23. The van der Waals surface area contributed by atoms with E-state index in [2.05, 4.69) is 61.6 Å². The van der Waals surface area contributed by atoms with Crippen molar-refractivity contribution in [2.24, 2.45) is 0 Å². The van der Waals surface area contributed by atoms with Crippen LogP contribution >= 0.6 is 11.6 Å². The molecular formula is C19H24ClN. The summed E-state index contributed by atoms with van der Waals surface area (Å²) in [4.78, 5) is 0. The highest BCUT2D eigenvalue weighted by molar-refractivity contribution is 6.30. The van der Waals surface area contributed by atoms with Gasteiger partial charge in [0.05, 0.1) is 0 Å². The van der Waals surface area contributed by atoms with Gasteiger partial charge in [-0.3, -0.25) is 0 Å². The quantitative estimate of drug-likeness (QED) is 0.729. The van der Waals surface area contributed by atoms with Crippen LogP contribution in [0, 0.1) is 6.92 Å². The van der Waals surface area contributed by atoms with Crippen molar-refractivity contribution in [3.8, 4) is 0 Å². The molecule has 0 bridgehead atoms. The van der Waals surface area contributed by atoms with Gasteiger partial charge >= 0.3 is 0 Å². The van der Waals surface area contributed by atoms with E-state index in [9.17, 15) is 0 Å². The molecule has 0 spiro atoms. The fraction of sp³-hybridized carbons (Fsp3) is 0.368. The molecule has 0 radical (unpaired) electrons. The molecule has 2 aromatic carbocycles. The van der Waals surface area contributed by atoms with Crippen LogP contribution < -0.4 is 5.32 Å². The third-order valence-corrected chi connectivity index (χ3v) is 4.05. The zero-order valence-electron chi connectivity index (χ0n) is 12.9. The number of hydrogen-bond acceptors (Lipinski definition) is 1. The SMILES string of the molecule is CCCNC(CCc1ccccc1)c1ccc(Cl)cc1C. The Balaban J connectivity index is 2.10. The maximum Gasteiger partial charge on any atom is 0.0408 e. The van der Waals surface area contributed by atoms with Crippen molar-refractivity contribution in [1.82, 2.24) is 5.32 Å². The Morgan fingerprint density at radius 3 is 2.52 bits per heavy atom. The Hall–Kier alpha value is -1.31. The molecule has 0 aliphatic carbocycles. The van der Waals surface area contributed by atoms with E-state index in [1.165, 1.54) is 16.7 Å². The Morgan fingerprint density at radius 1 is 1.10 bits per heavy atom. The van der Waals surface area contributed by atoms with Gasteiger partial charge in [0.15, 0.2) is 0 Å². The average Bonchev–Trinajstić information content (AvgIpc) is 2.49. The van der Waals surface area contributed by atoms with Gasteiger partial charge in [0.2, 0.25) is 0 Å². The summed E-state index contributed by atoms with van der Waals surface area (Å²) in [6.07, 6.45) is 3.34. The van der Waals surface area contributed by atoms with Crippen LogP contribution in [0.4, 0.5) is 0 Å². The minimum absolute atomic E-state index is 0.391. The zero-order chi connectivity index (χ0) is 15.1. The molecule has 1 atom stereocenters. The highest BCUT2D eigenvalue weighted by Gasteiger charge is 2.13. The summed E-state index contributed by atoms with van der Waals surface area (Å²) in [6.45, 7) is 5.39. The molecule has 1 N–H and O–H groups in total. The lowest BCUT2D eigenvalue weighted by molar-refractivity contribution is 0.497. The summed E-state index contributed by atoms with van der Waals surface area (Å²) in [5.41, 5.74) is 4.03. The van der Waals surface area contributed by atoms with Crippen LogP contribution in [-0.2, 0) is 6.42 Å². The third-order valence-electron chi connectivity index (χ3n) is 3.81.